The van der Waals surface area contributed by atoms with Gasteiger partial charge < -0.3 is 0 Å². The van der Waals surface area contributed by atoms with Crippen LogP contribution >= 0.6 is 0 Å². The van der Waals surface area contributed by atoms with Crippen molar-refractivity contribution in [3.63, 3.8) is 0 Å². The van der Waals surface area contributed by atoms with Gasteiger partial charge in [-0.05, 0) is 12.8 Å². The van der Waals surface area contributed by atoms with Crippen molar-refractivity contribution in [2.45, 2.75) is 18.6 Å². The molecule has 0 aromatic carbocycles. The minimum atomic E-state index is -2.67. The van der Waals surface area contributed by atoms with Gasteiger partial charge in [0.25, 0.3) is 0 Å². The monoisotopic (exact) mass is 218 g/mol. The van der Waals surface area contributed by atoms with E-state index in [9.17, 15) is 4.21 Å². The van der Waals surface area contributed by atoms with Crippen LogP contribution in [0.2, 0.25) is 0 Å². The Bertz CT molecular complexity index is 341. The lowest BCUT2D eigenvalue weighted by Gasteiger charge is -2.33. The summed E-state index contributed by atoms with van der Waals surface area (Å²) >= 11 is 4.98. The van der Waals surface area contributed by atoms with Gasteiger partial charge in [0.2, 0.25) is 0 Å². The van der Waals surface area contributed by atoms with Crippen molar-refractivity contribution < 1.29 is 8.39 Å². The molecular formula is C9H14O2S2. The first kappa shape index (κ1) is 10.9. The average molecular weight is 218 g/mol. The third-order valence-electron chi connectivity index (χ3n) is 2.60. The van der Waals surface area contributed by atoms with Gasteiger partial charge in [0.05, 0.1) is 11.9 Å². The third-order valence-corrected chi connectivity index (χ3v) is 6.11. The maximum atomic E-state index is 11.9. The van der Waals surface area contributed by atoms with Crippen molar-refractivity contribution in [1.82, 2.24) is 0 Å². The Labute approximate surface area is 84.5 Å². The second kappa shape index (κ2) is 3.52. The average Bonchev–Trinajstić information content (AvgIpc) is 2.10. The molecule has 0 heterocycles. The predicted octanol–water partition coefficient (Wildman–Crippen LogP) is 1.81. The topological polar surface area (TPSA) is 26.3 Å². The minimum Gasteiger partial charge on any atom is -0.293 e. The molecule has 0 fully saturated rings. The van der Waals surface area contributed by atoms with E-state index < -0.39 is 13.5 Å². The summed E-state index contributed by atoms with van der Waals surface area (Å²) in [4.78, 5) is 0. The minimum absolute atomic E-state index is 0.141. The number of rotatable bonds is 2. The van der Waals surface area contributed by atoms with Gasteiger partial charge in [-0.15, -0.1) is 0 Å². The van der Waals surface area contributed by atoms with Crippen molar-refractivity contribution in [1.29, 1.82) is 0 Å². The van der Waals surface area contributed by atoms with Crippen molar-refractivity contribution >= 4 is 20.0 Å². The highest BCUT2D eigenvalue weighted by atomic mass is 32.8. The molecule has 1 rings (SSSR count). The normalized spacial score (nSPS) is 37.3. The van der Waals surface area contributed by atoms with E-state index in [0.29, 0.717) is 0 Å². The predicted molar refractivity (Wildman–Crippen MR) is 58.4 cm³/mol. The first-order valence-electron chi connectivity index (χ1n) is 4.10. The van der Waals surface area contributed by atoms with Gasteiger partial charge in [0.15, 0.2) is 8.77 Å². The Hall–Kier alpha value is -0.190. The molecule has 0 bridgehead atoms. The van der Waals surface area contributed by atoms with Crippen LogP contribution in [0.25, 0.3) is 0 Å². The molecule has 0 radical (unpaired) electrons. The van der Waals surface area contributed by atoms with E-state index in [1.807, 2.05) is 38.2 Å². The van der Waals surface area contributed by atoms with Gasteiger partial charge in [0, 0.05) is 11.2 Å². The smallest absolute Gasteiger partial charge is 0.153 e. The zero-order chi connectivity index (χ0) is 10.1. The summed E-state index contributed by atoms with van der Waals surface area (Å²) in [6, 6.07) is 0. The van der Waals surface area contributed by atoms with Gasteiger partial charge in [-0.3, -0.25) is 4.18 Å². The second-order valence-corrected chi connectivity index (χ2v) is 6.78. The van der Waals surface area contributed by atoms with E-state index in [0.717, 1.165) is 0 Å². The molecule has 4 heteroatoms. The van der Waals surface area contributed by atoms with Crippen LogP contribution in [0.5, 0.6) is 0 Å². The fourth-order valence-electron chi connectivity index (χ4n) is 1.31. The summed E-state index contributed by atoms with van der Waals surface area (Å²) in [5.41, 5.74) is 0. The van der Waals surface area contributed by atoms with E-state index in [1.54, 1.807) is 0 Å². The summed E-state index contributed by atoms with van der Waals surface area (Å²) in [6.07, 6.45) is 7.67. The molecule has 13 heavy (non-hydrogen) atoms. The zero-order valence-corrected chi connectivity index (χ0v) is 9.65. The van der Waals surface area contributed by atoms with Gasteiger partial charge in [0.1, 0.15) is 0 Å². The number of allylic oxidation sites excluding steroid dienone is 3. The Balaban J connectivity index is 3.15. The first-order valence-corrected chi connectivity index (χ1v) is 6.51. The lowest BCUT2D eigenvalue weighted by atomic mass is 9.91. The Morgan fingerprint density at radius 1 is 1.54 bits per heavy atom. The van der Waals surface area contributed by atoms with E-state index in [2.05, 4.69) is 0 Å². The molecule has 3 unspecified atom stereocenters. The molecule has 0 amide bonds. The van der Waals surface area contributed by atoms with Gasteiger partial charge >= 0.3 is 0 Å². The molecule has 2 nitrogen and oxygen atoms in total. The van der Waals surface area contributed by atoms with Crippen molar-refractivity contribution in [3.05, 3.63) is 24.3 Å². The highest BCUT2D eigenvalue weighted by Crippen LogP contribution is 2.32. The lowest BCUT2D eigenvalue weighted by molar-refractivity contribution is 0.410. The van der Waals surface area contributed by atoms with Gasteiger partial charge in [-0.1, -0.05) is 31.2 Å². The van der Waals surface area contributed by atoms with Crippen LogP contribution in [0.15, 0.2) is 24.3 Å². The Kier molecular flexibility index (Phi) is 2.95. The van der Waals surface area contributed by atoms with Crippen LogP contribution in [0, 0.1) is 5.92 Å². The first-order chi connectivity index (χ1) is 5.94. The van der Waals surface area contributed by atoms with Crippen molar-refractivity contribution in [2.75, 3.05) is 7.11 Å². The largest absolute Gasteiger partial charge is 0.293 e. The molecule has 0 aliphatic heterocycles. The van der Waals surface area contributed by atoms with Crippen LogP contribution in [0.1, 0.15) is 13.8 Å². The fourth-order valence-corrected chi connectivity index (χ4v) is 3.07. The Morgan fingerprint density at radius 2 is 2.15 bits per heavy atom. The van der Waals surface area contributed by atoms with E-state index in [1.165, 1.54) is 7.11 Å². The van der Waals surface area contributed by atoms with Crippen molar-refractivity contribution in [3.8, 4) is 0 Å². The standard InChI is InChI=1S/C9H14O2S2/c1-8-6-4-5-7-9(8,2)13(10,12)11-3/h4-8H,1-3H3. The summed E-state index contributed by atoms with van der Waals surface area (Å²) in [7, 11) is -1.27. The number of hydrogen-bond donors (Lipinski definition) is 0. The van der Waals surface area contributed by atoms with E-state index in [-0.39, 0.29) is 5.92 Å². The molecule has 74 valence electrons. The van der Waals surface area contributed by atoms with Crippen LogP contribution < -0.4 is 0 Å². The summed E-state index contributed by atoms with van der Waals surface area (Å²) in [6.45, 7) is 3.86. The second-order valence-electron chi connectivity index (χ2n) is 3.34. The summed E-state index contributed by atoms with van der Waals surface area (Å²) in [5.74, 6) is 0.141. The molecule has 0 saturated carbocycles. The third kappa shape index (κ3) is 1.71. The van der Waals surface area contributed by atoms with Gasteiger partial charge in [-0.25, -0.2) is 4.21 Å². The molecule has 1 aliphatic rings. The van der Waals surface area contributed by atoms with Crippen LogP contribution in [-0.2, 0) is 24.1 Å². The maximum Gasteiger partial charge on any atom is 0.153 e. The van der Waals surface area contributed by atoms with Crippen LogP contribution in [0.3, 0.4) is 0 Å². The van der Waals surface area contributed by atoms with Crippen LogP contribution in [-0.4, -0.2) is 16.1 Å². The molecular weight excluding hydrogens is 204 g/mol. The molecule has 1 aliphatic carbocycles. The molecule has 0 N–H and O–H groups in total. The SMILES string of the molecule is COS(=O)(=S)C1(C)C=CC=CC1C. The van der Waals surface area contributed by atoms with Gasteiger partial charge in [-0.2, -0.15) is 0 Å². The zero-order valence-electron chi connectivity index (χ0n) is 8.02. The lowest BCUT2D eigenvalue weighted by Crippen LogP contribution is -2.40. The molecule has 3 atom stereocenters. The molecule has 0 aromatic rings. The highest BCUT2D eigenvalue weighted by molar-refractivity contribution is 8.31. The molecule has 0 saturated heterocycles. The van der Waals surface area contributed by atoms with E-state index >= 15 is 0 Å². The Morgan fingerprint density at radius 3 is 2.62 bits per heavy atom. The van der Waals surface area contributed by atoms with Crippen molar-refractivity contribution in [2.24, 2.45) is 5.92 Å². The maximum absolute atomic E-state index is 11.9. The summed E-state index contributed by atoms with van der Waals surface area (Å²) < 4.78 is 16.3. The quantitative estimate of drug-likeness (QED) is 0.707. The van der Waals surface area contributed by atoms with E-state index in [4.69, 9.17) is 15.4 Å². The van der Waals surface area contributed by atoms with Crippen LogP contribution in [0.4, 0.5) is 0 Å². The number of hydrogen-bond acceptors (Lipinski definition) is 3. The molecule has 0 spiro atoms. The summed E-state index contributed by atoms with van der Waals surface area (Å²) in [5, 5.41) is 0. The molecule has 0 aromatic heterocycles. The fraction of sp³-hybridized carbons (Fsp3) is 0.556. The highest BCUT2D eigenvalue weighted by Gasteiger charge is 2.38.